The van der Waals surface area contributed by atoms with Crippen LogP contribution < -0.4 is 15.2 Å². The van der Waals surface area contributed by atoms with E-state index in [0.29, 0.717) is 12.0 Å². The van der Waals surface area contributed by atoms with Gasteiger partial charge in [0.15, 0.2) is 11.5 Å². The fourth-order valence-corrected chi connectivity index (χ4v) is 3.61. The van der Waals surface area contributed by atoms with Crippen molar-refractivity contribution in [3.8, 4) is 11.5 Å². The molecule has 0 aliphatic carbocycles. The van der Waals surface area contributed by atoms with Gasteiger partial charge in [-0.25, -0.2) is 14.4 Å². The summed E-state index contributed by atoms with van der Waals surface area (Å²) in [6.07, 6.45) is -4.15. The third-order valence-corrected chi connectivity index (χ3v) is 6.72. The van der Waals surface area contributed by atoms with Gasteiger partial charge in [0.1, 0.15) is 30.0 Å². The van der Waals surface area contributed by atoms with Crippen LogP contribution in [0.1, 0.15) is 87.1 Å². The van der Waals surface area contributed by atoms with E-state index in [0.717, 1.165) is 6.42 Å². The summed E-state index contributed by atoms with van der Waals surface area (Å²) in [5.41, 5.74) is 4.73. The number of carboxylic acids is 1. The van der Waals surface area contributed by atoms with Crippen LogP contribution in [0.25, 0.3) is 0 Å². The number of hydrogen-bond donors (Lipinski definition) is 2. The molecule has 0 aliphatic rings. The van der Waals surface area contributed by atoms with Crippen LogP contribution in [0.3, 0.4) is 0 Å². The van der Waals surface area contributed by atoms with Gasteiger partial charge in [-0.15, -0.1) is 0 Å². The van der Waals surface area contributed by atoms with E-state index in [2.05, 4.69) is 0 Å². The van der Waals surface area contributed by atoms with Crippen LogP contribution in [0.15, 0.2) is 18.2 Å². The Bertz CT molecular complexity index is 1060. The first-order chi connectivity index (χ1) is 19.5. The van der Waals surface area contributed by atoms with Crippen LogP contribution in [-0.4, -0.2) is 59.5 Å². The predicted molar refractivity (Wildman–Crippen MR) is 154 cm³/mol. The highest BCUT2D eigenvalue weighted by Gasteiger charge is 2.37. The van der Waals surface area contributed by atoms with Gasteiger partial charge in [0.2, 0.25) is 0 Å². The Morgan fingerprint density at radius 3 is 1.74 bits per heavy atom. The van der Waals surface area contributed by atoms with E-state index in [1.54, 1.807) is 20.8 Å². The molecule has 238 valence electrons. The summed E-state index contributed by atoms with van der Waals surface area (Å²) in [6.45, 7) is 16.1. The molecule has 0 aliphatic heterocycles. The molecule has 42 heavy (non-hydrogen) atoms. The zero-order chi connectivity index (χ0) is 32.2. The Kier molecular flexibility index (Phi) is 14.6. The molecule has 0 aromatic heterocycles. The van der Waals surface area contributed by atoms with E-state index in [1.165, 1.54) is 25.1 Å². The summed E-state index contributed by atoms with van der Waals surface area (Å²) in [4.78, 5) is 49.2. The predicted octanol–water partition coefficient (Wildman–Crippen LogP) is 6.25. The topological polar surface area (TPSA) is 170 Å². The number of aliphatic carboxylic acids is 1. The van der Waals surface area contributed by atoms with Gasteiger partial charge in [-0.3, -0.25) is 4.79 Å². The maximum atomic E-state index is 12.5. The van der Waals surface area contributed by atoms with Crippen molar-refractivity contribution in [3.63, 3.8) is 0 Å². The second-order valence-electron chi connectivity index (χ2n) is 11.4. The van der Waals surface area contributed by atoms with Crippen LogP contribution in [0.5, 0.6) is 11.5 Å². The zero-order valence-corrected chi connectivity index (χ0v) is 26.1. The second-order valence-corrected chi connectivity index (χ2v) is 11.4. The molecule has 3 N–H and O–H groups in total. The Morgan fingerprint density at radius 2 is 1.26 bits per heavy atom. The van der Waals surface area contributed by atoms with E-state index < -0.39 is 48.3 Å². The van der Waals surface area contributed by atoms with Gasteiger partial charge in [-0.2, -0.15) is 0 Å². The molecule has 0 bridgehead atoms. The van der Waals surface area contributed by atoms with Crippen molar-refractivity contribution >= 4 is 24.4 Å². The first-order valence-electron chi connectivity index (χ1n) is 14.3. The molecule has 0 spiro atoms. The highest BCUT2D eigenvalue weighted by molar-refractivity contribution is 5.79. The fourth-order valence-electron chi connectivity index (χ4n) is 3.61. The zero-order valence-electron chi connectivity index (χ0n) is 26.1. The SMILES string of the molecule is CCCC(C)OC(=O)O[C@@H](C)CC(N)(Cc1ccc(OC(=O)OC(C)C(C)C)c(OC(=O)OC(C)C(C)C)c1)C(=O)O. The third-order valence-electron chi connectivity index (χ3n) is 6.72. The molecular formula is C30H47NO11. The van der Waals surface area contributed by atoms with Crippen molar-refractivity contribution in [1.82, 2.24) is 0 Å². The Balaban J connectivity index is 3.20. The molecule has 1 aromatic carbocycles. The first kappa shape index (κ1) is 36.5. The number of nitrogens with two attached hydrogens (primary N) is 1. The second kappa shape index (κ2) is 16.8. The third kappa shape index (κ3) is 12.5. The molecule has 0 saturated heterocycles. The smallest absolute Gasteiger partial charge is 0.480 e. The van der Waals surface area contributed by atoms with Crippen molar-refractivity contribution in [2.75, 3.05) is 0 Å². The molecule has 1 rings (SSSR count). The van der Waals surface area contributed by atoms with E-state index >= 15 is 0 Å². The molecule has 0 heterocycles. The molecule has 1 aromatic rings. The van der Waals surface area contributed by atoms with Crippen LogP contribution in [-0.2, 0) is 30.2 Å². The molecule has 5 atom stereocenters. The number of carboxylic acid groups (broad SMARTS) is 1. The van der Waals surface area contributed by atoms with Crippen LogP contribution in [0.4, 0.5) is 14.4 Å². The highest BCUT2D eigenvalue weighted by Crippen LogP contribution is 2.32. The summed E-state index contributed by atoms with van der Waals surface area (Å²) in [5.74, 6) is -1.65. The monoisotopic (exact) mass is 597 g/mol. The average Bonchev–Trinajstić information content (AvgIpc) is 2.84. The van der Waals surface area contributed by atoms with Crippen LogP contribution >= 0.6 is 0 Å². The fraction of sp³-hybridized carbons (Fsp3) is 0.667. The first-order valence-corrected chi connectivity index (χ1v) is 14.3. The van der Waals surface area contributed by atoms with E-state index in [4.69, 9.17) is 34.2 Å². The largest absolute Gasteiger partial charge is 0.514 e. The summed E-state index contributed by atoms with van der Waals surface area (Å²) in [6, 6.07) is 4.13. The lowest BCUT2D eigenvalue weighted by Crippen LogP contribution is -2.52. The van der Waals surface area contributed by atoms with Gasteiger partial charge >= 0.3 is 24.4 Å². The van der Waals surface area contributed by atoms with Gasteiger partial charge in [0.05, 0.1) is 0 Å². The number of benzene rings is 1. The molecule has 0 fully saturated rings. The van der Waals surface area contributed by atoms with Crippen molar-refractivity contribution in [1.29, 1.82) is 0 Å². The molecule has 0 amide bonds. The number of rotatable bonds is 15. The molecule has 4 unspecified atom stereocenters. The lowest BCUT2D eigenvalue weighted by molar-refractivity contribution is -0.144. The lowest BCUT2D eigenvalue weighted by Gasteiger charge is -2.28. The van der Waals surface area contributed by atoms with Crippen molar-refractivity contribution in [2.45, 2.75) is 118 Å². The summed E-state index contributed by atoms with van der Waals surface area (Å²) in [5, 5.41) is 9.97. The number of hydrogen-bond acceptors (Lipinski definition) is 11. The highest BCUT2D eigenvalue weighted by atomic mass is 16.8. The summed E-state index contributed by atoms with van der Waals surface area (Å²) in [7, 11) is 0. The van der Waals surface area contributed by atoms with Crippen LogP contribution in [0.2, 0.25) is 0 Å². The normalized spacial score (nSPS) is 15.5. The van der Waals surface area contributed by atoms with Crippen molar-refractivity contribution in [3.05, 3.63) is 23.8 Å². The van der Waals surface area contributed by atoms with Gasteiger partial charge < -0.3 is 39.3 Å². The molecule has 0 radical (unpaired) electrons. The van der Waals surface area contributed by atoms with Gasteiger partial charge in [0.25, 0.3) is 0 Å². The molecule has 12 nitrogen and oxygen atoms in total. The number of carbonyl (C=O) groups is 4. The quantitative estimate of drug-likeness (QED) is 0.132. The molecule has 12 heteroatoms. The minimum atomic E-state index is -1.88. The minimum Gasteiger partial charge on any atom is -0.480 e. The van der Waals surface area contributed by atoms with E-state index in [1.807, 2.05) is 34.6 Å². The Hall–Kier alpha value is -3.54. The molecule has 0 saturated carbocycles. The Labute approximate surface area is 248 Å². The van der Waals surface area contributed by atoms with Gasteiger partial charge in [-0.05, 0) is 63.6 Å². The number of ether oxygens (including phenoxy) is 6. The minimum absolute atomic E-state index is 0.0110. The number of carbonyl (C=O) groups excluding carboxylic acids is 3. The maximum absolute atomic E-state index is 12.5. The van der Waals surface area contributed by atoms with E-state index in [9.17, 15) is 24.3 Å². The van der Waals surface area contributed by atoms with Crippen LogP contribution in [0, 0.1) is 11.8 Å². The van der Waals surface area contributed by atoms with Crippen molar-refractivity contribution in [2.24, 2.45) is 17.6 Å². The standard InChI is InChI=1S/C30H47NO11/c1-10-11-19(6)37-27(34)38-20(7)15-30(31,26(32)33)16-23-12-13-24(41-28(35)39-21(8)17(2)3)25(14-23)42-29(36)40-22(9)18(4)5/h12-14,17-22H,10-11,15-16,31H2,1-9H3,(H,32,33)/t19?,20-,21?,22?,30?/m0/s1. The lowest BCUT2D eigenvalue weighted by atomic mass is 9.86. The van der Waals surface area contributed by atoms with Gasteiger partial charge in [0, 0.05) is 12.8 Å². The molecular weight excluding hydrogens is 550 g/mol. The maximum Gasteiger partial charge on any atom is 0.514 e. The van der Waals surface area contributed by atoms with Crippen molar-refractivity contribution < 1.29 is 52.7 Å². The van der Waals surface area contributed by atoms with E-state index in [-0.39, 0.29) is 42.3 Å². The average molecular weight is 598 g/mol. The summed E-state index contributed by atoms with van der Waals surface area (Å²) >= 11 is 0. The summed E-state index contributed by atoms with van der Waals surface area (Å²) < 4.78 is 31.6. The van der Waals surface area contributed by atoms with Gasteiger partial charge in [-0.1, -0.05) is 47.1 Å². The Morgan fingerprint density at radius 1 is 0.762 bits per heavy atom.